The van der Waals surface area contributed by atoms with Crippen molar-refractivity contribution in [3.8, 4) is 46.0 Å². The molecule has 5 unspecified atom stereocenters. The molecule has 0 spiro atoms. The number of pyridine rings is 5. The Morgan fingerprint density at radius 3 is 1.17 bits per heavy atom. The van der Waals surface area contributed by atoms with Crippen LogP contribution in [0.3, 0.4) is 0 Å². The van der Waals surface area contributed by atoms with Crippen molar-refractivity contribution < 1.29 is 52.9 Å². The van der Waals surface area contributed by atoms with Gasteiger partial charge in [0.1, 0.15) is 29.7 Å². The van der Waals surface area contributed by atoms with Gasteiger partial charge in [-0.3, -0.25) is 48.5 Å². The van der Waals surface area contributed by atoms with Gasteiger partial charge in [0.15, 0.2) is 40.4 Å². The molecule has 5 N–H and O–H groups in total. The summed E-state index contributed by atoms with van der Waals surface area (Å²) in [6.45, 7) is 21.2. The number of halogens is 4. The molecular formula is C92H102ClF3N10O13. The molecule has 5 aliphatic rings. The minimum atomic E-state index is -1.22. The number of unbranched alkanes of at least 4 members (excludes halogenated alkanes) is 1. The van der Waals surface area contributed by atoms with Crippen LogP contribution in [-0.4, -0.2) is 120 Å². The predicted octanol–water partition coefficient (Wildman–Crippen LogP) is 14.5. The second-order valence-corrected chi connectivity index (χ2v) is 30.8. The normalized spacial score (nSPS) is 15.8. The van der Waals surface area contributed by atoms with Gasteiger partial charge < -0.3 is 62.6 Å². The van der Waals surface area contributed by atoms with Gasteiger partial charge in [-0.2, -0.15) is 0 Å². The highest BCUT2D eigenvalue weighted by Gasteiger charge is 2.32. The topological polar surface area (TPSA) is 255 Å². The molecule has 23 nitrogen and oxygen atoms in total. The average Bonchev–Trinajstić information content (AvgIpc) is 0.814. The number of hydrogen-bond acceptors (Lipinski definition) is 18. The molecule has 5 aliphatic heterocycles. The number of para-hydroxylation sites is 1. The molecule has 16 rings (SSSR count). The van der Waals surface area contributed by atoms with Crippen molar-refractivity contribution >= 4 is 11.6 Å². The van der Waals surface area contributed by atoms with Crippen LogP contribution in [0.2, 0.25) is 5.02 Å². The predicted molar refractivity (Wildman–Crippen MR) is 451 cm³/mol. The van der Waals surface area contributed by atoms with Gasteiger partial charge in [0, 0.05) is 209 Å². The summed E-state index contributed by atoms with van der Waals surface area (Å²) >= 11 is 6.27. The highest BCUT2D eigenvalue weighted by molar-refractivity contribution is 6.31. The molecule has 11 aromatic rings. The number of methoxy groups -OCH3 is 2. The maximum atomic E-state index is 13.9. The summed E-state index contributed by atoms with van der Waals surface area (Å²) in [5.74, 6) is -1.72. The molecule has 0 radical (unpaired) electrons. The van der Waals surface area contributed by atoms with Crippen molar-refractivity contribution in [2.24, 2.45) is 0 Å². The SMILES string of the molecule is CC(c1cc(F)cc(F)c1F)N1CCn2cc(O)c(=O)cc2C1.CC(c1ccccc1Cl)N1CCn2cc(O)c(=O)cc2C1.CC(c1ccccc1OCc1ccccc1)N1CCn2cc(O)c(=O)cc2C1.CCCCC(c1ccccc1)N1CCn2cc(O)c(=O)cc2C1.COc1cccc(OC)c1C(C)N1CCn2cc(O)c(=O)cc2C1. The Morgan fingerprint density at radius 2 is 0.748 bits per heavy atom. The summed E-state index contributed by atoms with van der Waals surface area (Å²) < 4.78 is 67.4. The van der Waals surface area contributed by atoms with Gasteiger partial charge >= 0.3 is 0 Å². The number of aromatic hydroxyl groups is 5. The van der Waals surface area contributed by atoms with Crippen LogP contribution in [0.25, 0.3) is 0 Å². The Kier molecular flexibility index (Phi) is 28.9. The van der Waals surface area contributed by atoms with Crippen LogP contribution in [0.5, 0.6) is 46.0 Å². The number of ether oxygens (including phenoxy) is 3. The van der Waals surface area contributed by atoms with E-state index in [1.165, 1.54) is 67.5 Å². The van der Waals surface area contributed by atoms with Crippen molar-refractivity contribution in [2.45, 2.75) is 156 Å². The number of benzene rings is 6. The Balaban J connectivity index is 0.000000137. The molecule has 10 heterocycles. The Morgan fingerprint density at radius 1 is 0.395 bits per heavy atom. The lowest BCUT2D eigenvalue weighted by molar-refractivity contribution is 0.144. The fourth-order valence-corrected chi connectivity index (χ4v) is 16.3. The van der Waals surface area contributed by atoms with Crippen LogP contribution in [0.15, 0.2) is 225 Å². The van der Waals surface area contributed by atoms with Gasteiger partial charge in [-0.25, -0.2) is 13.2 Å². The summed E-state index contributed by atoms with van der Waals surface area (Å²) in [5.41, 5.74) is 8.24. The van der Waals surface area contributed by atoms with E-state index in [1.54, 1.807) is 38.0 Å². The van der Waals surface area contributed by atoms with Gasteiger partial charge in [-0.05, 0) is 81.1 Å². The minimum absolute atomic E-state index is 0.0583. The maximum absolute atomic E-state index is 13.9. The van der Waals surface area contributed by atoms with E-state index in [-0.39, 0.29) is 74.2 Å². The molecule has 5 aromatic heterocycles. The van der Waals surface area contributed by atoms with E-state index in [2.05, 4.69) is 89.8 Å². The van der Waals surface area contributed by atoms with Crippen molar-refractivity contribution in [1.82, 2.24) is 47.3 Å². The third-order valence-corrected chi connectivity index (χ3v) is 23.3. The summed E-state index contributed by atoms with van der Waals surface area (Å²) in [4.78, 5) is 69.5. The van der Waals surface area contributed by atoms with E-state index >= 15 is 0 Å². The fraction of sp³-hybridized carbons (Fsp3) is 0.337. The lowest BCUT2D eigenvalue weighted by Gasteiger charge is -2.36. The average molecular weight is 1650 g/mol. The quantitative estimate of drug-likeness (QED) is 0.0500. The first-order valence-electron chi connectivity index (χ1n) is 40.0. The lowest BCUT2D eigenvalue weighted by atomic mass is 9.98. The summed E-state index contributed by atoms with van der Waals surface area (Å²) in [7, 11) is 3.30. The Hall–Kier alpha value is -11.7. The minimum Gasteiger partial charge on any atom is -0.503 e. The van der Waals surface area contributed by atoms with Crippen molar-refractivity contribution in [3.05, 3.63) is 336 Å². The standard InChI is InChI=1S/C23H24N2O3.C19H24N2O2.C18H22N2O4.C16H17ClN2O2.C16H15F3N2O2/c1-17(24-11-12-25-15-22(27)21(26)13-19(25)14-24)20-9-5-6-10-23(20)28-16-18-7-3-2-4-8-18;1-2-3-9-17(15-7-5-4-6-8-15)21-11-10-20-14-19(23)18(22)12-16(20)13-21;1-12(18-16(23-2)5-4-6-17(18)24-3)19-7-8-20-11-15(22)14(21)9-13(20)10-19;1-11(13-4-2-3-5-14(13)17)18-6-7-19-10-16(21)15(20)8-12(19)9-18;1-9(12-4-10(17)5-13(18)16(12)19)20-2-3-21-8-15(23)14(22)6-11(21)7-20/h2-10,13,15,17,27H,11-12,14,16H2,1H3;4-8,12,14,17,23H,2-3,9-11,13H2,1H3;4-6,9,11-12,22H,7-8,10H2,1-3H3;2-5,8,10-11,21H,6-7,9H2,1H3;4-6,8-9,23H,2-3,7H2,1H3. The van der Waals surface area contributed by atoms with Crippen LogP contribution >= 0.6 is 11.6 Å². The second kappa shape index (κ2) is 39.7. The van der Waals surface area contributed by atoms with E-state index in [0.29, 0.717) is 70.2 Å². The molecule has 5 atom stereocenters. The zero-order chi connectivity index (χ0) is 84.7. The zero-order valence-corrected chi connectivity index (χ0v) is 68.6. The number of aromatic nitrogens is 5. The smallest absolute Gasteiger partial charge is 0.223 e. The van der Waals surface area contributed by atoms with E-state index in [4.69, 9.17) is 25.8 Å². The van der Waals surface area contributed by atoms with Crippen LogP contribution in [0, 0.1) is 17.5 Å². The van der Waals surface area contributed by atoms with Crippen molar-refractivity contribution in [1.29, 1.82) is 0 Å². The van der Waals surface area contributed by atoms with Crippen molar-refractivity contribution in [3.63, 3.8) is 0 Å². The van der Waals surface area contributed by atoms with E-state index in [1.807, 2.05) is 108 Å². The first kappa shape index (κ1) is 86.7. The summed E-state index contributed by atoms with van der Waals surface area (Å²) in [5, 5.41) is 48.5. The van der Waals surface area contributed by atoms with Gasteiger partial charge in [0.2, 0.25) is 27.1 Å². The number of rotatable bonds is 18. The lowest BCUT2D eigenvalue weighted by Crippen LogP contribution is -2.37. The maximum Gasteiger partial charge on any atom is 0.223 e. The largest absolute Gasteiger partial charge is 0.503 e. The van der Waals surface area contributed by atoms with Crippen LogP contribution < -0.4 is 41.4 Å². The second-order valence-electron chi connectivity index (χ2n) is 30.4. The third kappa shape index (κ3) is 21.1. The molecule has 626 valence electrons. The number of hydrogen-bond donors (Lipinski definition) is 5. The van der Waals surface area contributed by atoms with Gasteiger partial charge in [0.05, 0.1) is 50.8 Å². The van der Waals surface area contributed by atoms with Crippen molar-refractivity contribution in [2.75, 3.05) is 46.9 Å². The van der Waals surface area contributed by atoms with E-state index < -0.39 is 28.9 Å². The molecular weight excluding hydrogens is 1550 g/mol. The van der Waals surface area contributed by atoms with Gasteiger partial charge in [0.25, 0.3) is 0 Å². The van der Waals surface area contributed by atoms with Gasteiger partial charge in [-0.15, -0.1) is 0 Å². The molecule has 6 aromatic carbocycles. The molecule has 0 aliphatic carbocycles. The molecule has 119 heavy (non-hydrogen) atoms. The molecule has 0 saturated carbocycles. The summed E-state index contributed by atoms with van der Waals surface area (Å²) in [6.07, 6.45) is 11.0. The number of nitrogens with zero attached hydrogens (tertiary/aromatic N) is 10. The first-order valence-corrected chi connectivity index (χ1v) is 40.4. The first-order chi connectivity index (χ1) is 57.3. The van der Waals surface area contributed by atoms with E-state index in [9.17, 15) is 62.7 Å². The monoisotopic (exact) mass is 1650 g/mol. The third-order valence-electron chi connectivity index (χ3n) is 22.9. The Labute approximate surface area is 693 Å². The molecule has 0 bridgehead atoms. The van der Waals surface area contributed by atoms with Crippen LogP contribution in [0.1, 0.15) is 146 Å². The zero-order valence-electron chi connectivity index (χ0n) is 67.9. The highest BCUT2D eigenvalue weighted by Crippen LogP contribution is 2.40. The van der Waals surface area contributed by atoms with Crippen LogP contribution in [0.4, 0.5) is 13.2 Å². The van der Waals surface area contributed by atoms with Crippen LogP contribution in [-0.2, 0) is 72.1 Å². The molecule has 27 heteroatoms. The summed E-state index contributed by atoms with van der Waals surface area (Å²) in [6, 6.07) is 51.6. The Bertz CT molecular complexity index is 5650. The molecule has 0 amide bonds. The molecule has 0 fully saturated rings. The highest BCUT2D eigenvalue weighted by atomic mass is 35.5. The number of fused-ring (bicyclic) bond motifs is 5. The molecule has 0 saturated heterocycles. The van der Waals surface area contributed by atoms with Gasteiger partial charge in [-0.1, -0.05) is 134 Å². The fourth-order valence-electron chi connectivity index (χ4n) is 16.0. The van der Waals surface area contributed by atoms with E-state index in [0.717, 1.165) is 132 Å².